The first kappa shape index (κ1) is 14.1. The SMILES string of the molecule is O=C(O)CCC(=O)NC(c1cccs1)C1CCCC1. The molecule has 1 fully saturated rings. The first-order valence-electron chi connectivity index (χ1n) is 6.71. The van der Waals surface area contributed by atoms with Crippen LogP contribution < -0.4 is 5.32 Å². The minimum absolute atomic E-state index is 0.0591. The van der Waals surface area contributed by atoms with E-state index in [0.29, 0.717) is 5.92 Å². The van der Waals surface area contributed by atoms with Crippen LogP contribution in [0.2, 0.25) is 0 Å². The predicted octanol–water partition coefficient (Wildman–Crippen LogP) is 2.96. The van der Waals surface area contributed by atoms with Gasteiger partial charge in [-0.1, -0.05) is 18.9 Å². The fourth-order valence-corrected chi connectivity index (χ4v) is 3.52. The topological polar surface area (TPSA) is 66.4 Å². The zero-order chi connectivity index (χ0) is 13.7. The van der Waals surface area contributed by atoms with E-state index in [-0.39, 0.29) is 24.8 Å². The summed E-state index contributed by atoms with van der Waals surface area (Å²) in [6.45, 7) is 0. The molecule has 0 aliphatic heterocycles. The number of aliphatic carboxylic acids is 1. The lowest BCUT2D eigenvalue weighted by molar-refractivity contribution is -0.139. The molecule has 104 valence electrons. The number of carbonyl (C=O) groups excluding carboxylic acids is 1. The van der Waals surface area contributed by atoms with Crippen molar-refractivity contribution in [2.45, 2.75) is 44.6 Å². The fraction of sp³-hybridized carbons (Fsp3) is 0.571. The van der Waals surface area contributed by atoms with Crippen molar-refractivity contribution in [3.63, 3.8) is 0 Å². The second-order valence-electron chi connectivity index (χ2n) is 5.00. The Morgan fingerprint density at radius 3 is 2.68 bits per heavy atom. The maximum absolute atomic E-state index is 11.8. The fourth-order valence-electron chi connectivity index (χ4n) is 2.65. The monoisotopic (exact) mass is 281 g/mol. The molecule has 1 heterocycles. The van der Waals surface area contributed by atoms with Gasteiger partial charge in [-0.15, -0.1) is 11.3 Å². The molecule has 1 aliphatic carbocycles. The standard InChI is InChI=1S/C14H19NO3S/c16-12(7-8-13(17)18)15-14(10-4-1-2-5-10)11-6-3-9-19-11/h3,6,9-10,14H,1-2,4-5,7-8H2,(H,15,16)(H,17,18). The molecular weight excluding hydrogens is 262 g/mol. The zero-order valence-corrected chi connectivity index (χ0v) is 11.6. The van der Waals surface area contributed by atoms with Crippen molar-refractivity contribution in [1.29, 1.82) is 0 Å². The van der Waals surface area contributed by atoms with Gasteiger partial charge in [0.25, 0.3) is 0 Å². The second-order valence-corrected chi connectivity index (χ2v) is 5.98. The Kier molecular flexibility index (Phi) is 4.96. The van der Waals surface area contributed by atoms with Crippen LogP contribution in [0.3, 0.4) is 0 Å². The van der Waals surface area contributed by atoms with Crippen molar-refractivity contribution in [2.75, 3.05) is 0 Å². The molecular formula is C14H19NO3S. The van der Waals surface area contributed by atoms with Crippen LogP contribution in [0.4, 0.5) is 0 Å². The molecule has 1 unspecified atom stereocenters. The Bertz CT molecular complexity index is 424. The molecule has 2 N–H and O–H groups in total. The molecule has 1 aliphatic rings. The van der Waals surface area contributed by atoms with Gasteiger partial charge < -0.3 is 10.4 Å². The highest BCUT2D eigenvalue weighted by molar-refractivity contribution is 7.10. The summed E-state index contributed by atoms with van der Waals surface area (Å²) in [6, 6.07) is 4.10. The van der Waals surface area contributed by atoms with E-state index in [9.17, 15) is 9.59 Å². The molecule has 2 rings (SSSR count). The highest BCUT2D eigenvalue weighted by atomic mass is 32.1. The van der Waals surface area contributed by atoms with E-state index in [0.717, 1.165) is 12.8 Å². The third kappa shape index (κ3) is 4.06. The van der Waals surface area contributed by atoms with Crippen LogP contribution in [-0.4, -0.2) is 17.0 Å². The number of carboxylic acid groups (broad SMARTS) is 1. The molecule has 1 atom stereocenters. The van der Waals surface area contributed by atoms with E-state index in [1.54, 1.807) is 11.3 Å². The van der Waals surface area contributed by atoms with Gasteiger partial charge in [-0.3, -0.25) is 9.59 Å². The van der Waals surface area contributed by atoms with Gasteiger partial charge in [0.15, 0.2) is 0 Å². The number of amides is 1. The minimum atomic E-state index is -0.927. The summed E-state index contributed by atoms with van der Waals surface area (Å²) in [6.07, 6.45) is 4.68. The minimum Gasteiger partial charge on any atom is -0.481 e. The van der Waals surface area contributed by atoms with Crippen LogP contribution in [0.5, 0.6) is 0 Å². The molecule has 4 nitrogen and oxygen atoms in total. The van der Waals surface area contributed by atoms with Crippen molar-refractivity contribution >= 4 is 23.2 Å². The maximum Gasteiger partial charge on any atom is 0.303 e. The third-order valence-electron chi connectivity index (χ3n) is 3.60. The molecule has 0 spiro atoms. The van der Waals surface area contributed by atoms with Crippen molar-refractivity contribution in [3.05, 3.63) is 22.4 Å². The number of rotatable bonds is 6. The van der Waals surface area contributed by atoms with E-state index in [2.05, 4.69) is 5.32 Å². The van der Waals surface area contributed by atoms with Crippen LogP contribution in [0, 0.1) is 5.92 Å². The van der Waals surface area contributed by atoms with Gasteiger partial charge in [0.05, 0.1) is 12.5 Å². The van der Waals surface area contributed by atoms with Gasteiger partial charge >= 0.3 is 5.97 Å². The van der Waals surface area contributed by atoms with Gasteiger partial charge in [0.1, 0.15) is 0 Å². The highest BCUT2D eigenvalue weighted by Crippen LogP contribution is 2.37. The number of hydrogen-bond donors (Lipinski definition) is 2. The van der Waals surface area contributed by atoms with E-state index in [4.69, 9.17) is 5.11 Å². The van der Waals surface area contributed by atoms with Crippen molar-refractivity contribution in [1.82, 2.24) is 5.32 Å². The van der Waals surface area contributed by atoms with Gasteiger partial charge in [-0.25, -0.2) is 0 Å². The Hall–Kier alpha value is -1.36. The largest absolute Gasteiger partial charge is 0.481 e. The van der Waals surface area contributed by atoms with E-state index in [1.807, 2.05) is 17.5 Å². The Labute approximate surface area is 116 Å². The van der Waals surface area contributed by atoms with E-state index >= 15 is 0 Å². The predicted molar refractivity (Wildman–Crippen MR) is 74.0 cm³/mol. The Morgan fingerprint density at radius 1 is 1.37 bits per heavy atom. The zero-order valence-electron chi connectivity index (χ0n) is 10.8. The molecule has 0 saturated heterocycles. The summed E-state index contributed by atoms with van der Waals surface area (Å²) >= 11 is 1.65. The smallest absolute Gasteiger partial charge is 0.303 e. The Balaban J connectivity index is 1.97. The number of carboxylic acids is 1. The van der Waals surface area contributed by atoms with Gasteiger partial charge in [0.2, 0.25) is 5.91 Å². The van der Waals surface area contributed by atoms with Gasteiger partial charge in [-0.2, -0.15) is 0 Å². The lowest BCUT2D eigenvalue weighted by Crippen LogP contribution is -2.32. The Morgan fingerprint density at radius 2 is 2.11 bits per heavy atom. The molecule has 1 aromatic heterocycles. The molecule has 1 saturated carbocycles. The number of nitrogens with one attached hydrogen (secondary N) is 1. The summed E-state index contributed by atoms with van der Waals surface area (Å²) in [5, 5.41) is 13.7. The van der Waals surface area contributed by atoms with Crippen LogP contribution in [0.15, 0.2) is 17.5 Å². The summed E-state index contributed by atoms with van der Waals surface area (Å²) in [5.41, 5.74) is 0. The third-order valence-corrected chi connectivity index (χ3v) is 4.56. The van der Waals surface area contributed by atoms with Crippen LogP contribution >= 0.6 is 11.3 Å². The van der Waals surface area contributed by atoms with E-state index < -0.39 is 5.97 Å². The van der Waals surface area contributed by atoms with Crippen molar-refractivity contribution in [2.24, 2.45) is 5.92 Å². The molecule has 1 amide bonds. The molecule has 19 heavy (non-hydrogen) atoms. The highest BCUT2D eigenvalue weighted by Gasteiger charge is 2.28. The molecule has 1 aromatic rings. The van der Waals surface area contributed by atoms with E-state index in [1.165, 1.54) is 17.7 Å². The molecule has 0 aromatic carbocycles. The first-order chi connectivity index (χ1) is 9.16. The number of hydrogen-bond acceptors (Lipinski definition) is 3. The summed E-state index contributed by atoms with van der Waals surface area (Å²) < 4.78 is 0. The summed E-state index contributed by atoms with van der Waals surface area (Å²) in [4.78, 5) is 23.5. The second kappa shape index (κ2) is 6.70. The average molecular weight is 281 g/mol. The molecule has 0 bridgehead atoms. The molecule has 5 heteroatoms. The lowest BCUT2D eigenvalue weighted by atomic mass is 9.96. The van der Waals surface area contributed by atoms with Crippen LogP contribution in [-0.2, 0) is 9.59 Å². The number of carbonyl (C=O) groups is 2. The number of thiophene rings is 1. The van der Waals surface area contributed by atoms with Crippen LogP contribution in [0.1, 0.15) is 49.4 Å². The van der Waals surface area contributed by atoms with Crippen LogP contribution in [0.25, 0.3) is 0 Å². The normalized spacial score (nSPS) is 17.3. The summed E-state index contributed by atoms with van der Waals surface area (Å²) in [5.74, 6) is -0.594. The first-order valence-corrected chi connectivity index (χ1v) is 7.59. The van der Waals surface area contributed by atoms with Crippen molar-refractivity contribution in [3.8, 4) is 0 Å². The average Bonchev–Trinajstić information content (AvgIpc) is 3.05. The van der Waals surface area contributed by atoms with Gasteiger partial charge in [0, 0.05) is 11.3 Å². The summed E-state index contributed by atoms with van der Waals surface area (Å²) in [7, 11) is 0. The van der Waals surface area contributed by atoms with Crippen molar-refractivity contribution < 1.29 is 14.7 Å². The maximum atomic E-state index is 11.8. The molecule has 0 radical (unpaired) electrons. The lowest BCUT2D eigenvalue weighted by Gasteiger charge is -2.23. The van der Waals surface area contributed by atoms with Gasteiger partial charge in [-0.05, 0) is 30.2 Å². The quantitative estimate of drug-likeness (QED) is 0.842.